The zero-order valence-electron chi connectivity index (χ0n) is 19.0. The third kappa shape index (κ3) is 5.50. The summed E-state index contributed by atoms with van der Waals surface area (Å²) in [5.41, 5.74) is -0.418. The predicted octanol–water partition coefficient (Wildman–Crippen LogP) is 1.15. The molecule has 0 aliphatic carbocycles. The molecule has 3 saturated heterocycles. The summed E-state index contributed by atoms with van der Waals surface area (Å²) < 4.78 is 0. The number of carbonyl (C=O) groups is 4. The van der Waals surface area contributed by atoms with Crippen molar-refractivity contribution in [2.75, 3.05) is 51.6 Å². The van der Waals surface area contributed by atoms with Gasteiger partial charge in [-0.15, -0.1) is 11.8 Å². The van der Waals surface area contributed by atoms with E-state index in [1.54, 1.807) is 13.0 Å². The van der Waals surface area contributed by atoms with Gasteiger partial charge in [0.15, 0.2) is 0 Å². The number of thioether (sulfide) groups is 1. The van der Waals surface area contributed by atoms with Crippen LogP contribution < -0.4 is 10.6 Å². The van der Waals surface area contributed by atoms with Crippen LogP contribution in [-0.4, -0.2) is 95.6 Å². The smallest absolute Gasteiger partial charge is 0.322 e. The molecule has 2 N–H and O–H groups in total. The summed E-state index contributed by atoms with van der Waals surface area (Å²) in [6.07, 6.45) is 3.37. The zero-order valence-corrected chi connectivity index (χ0v) is 19.8. The summed E-state index contributed by atoms with van der Waals surface area (Å²) in [6.45, 7) is 6.29. The molecule has 0 saturated carbocycles. The second kappa shape index (κ2) is 10.1. The number of piperazine rings is 1. The van der Waals surface area contributed by atoms with Gasteiger partial charge >= 0.3 is 6.03 Å². The van der Waals surface area contributed by atoms with Crippen LogP contribution in [0.5, 0.6) is 0 Å². The second-order valence-corrected chi connectivity index (χ2v) is 10.1. The van der Waals surface area contributed by atoms with Gasteiger partial charge in [-0.3, -0.25) is 24.6 Å². The van der Waals surface area contributed by atoms with Crippen molar-refractivity contribution in [3.8, 4) is 0 Å². The molecule has 5 amide bonds. The summed E-state index contributed by atoms with van der Waals surface area (Å²) in [6, 6.07) is 6.86. The number of rotatable bonds is 6. The number of hydrogen-bond acceptors (Lipinski definition) is 6. The lowest BCUT2D eigenvalue weighted by molar-refractivity contribution is -0.133. The van der Waals surface area contributed by atoms with E-state index in [1.807, 2.05) is 28.0 Å². The number of imide groups is 1. The van der Waals surface area contributed by atoms with Crippen molar-refractivity contribution in [3.63, 3.8) is 0 Å². The summed E-state index contributed by atoms with van der Waals surface area (Å²) in [5.74, 6) is 0.0957. The summed E-state index contributed by atoms with van der Waals surface area (Å²) in [7, 11) is 0. The molecule has 0 bridgehead atoms. The molecular formula is C23H31N5O4S. The van der Waals surface area contributed by atoms with Crippen LogP contribution in [-0.2, 0) is 9.59 Å². The minimum absolute atomic E-state index is 0.0508. The van der Waals surface area contributed by atoms with Crippen LogP contribution in [0.15, 0.2) is 29.2 Å². The lowest BCUT2D eigenvalue weighted by atomic mass is 10.1. The Bertz CT molecular complexity index is 927. The van der Waals surface area contributed by atoms with Crippen LogP contribution in [0.4, 0.5) is 4.79 Å². The Morgan fingerprint density at radius 2 is 1.67 bits per heavy atom. The Balaban J connectivity index is 1.32. The molecule has 3 aliphatic rings. The highest BCUT2D eigenvalue weighted by Crippen LogP contribution is 2.28. The number of carbonyl (C=O) groups excluding carboxylic acids is 4. The van der Waals surface area contributed by atoms with Crippen molar-refractivity contribution in [2.45, 2.75) is 36.6 Å². The van der Waals surface area contributed by atoms with Gasteiger partial charge in [0.25, 0.3) is 11.8 Å². The summed E-state index contributed by atoms with van der Waals surface area (Å²) in [4.78, 5) is 56.1. The molecule has 1 aromatic carbocycles. The Hall–Kier alpha value is -2.59. The Morgan fingerprint density at radius 1 is 0.970 bits per heavy atom. The molecule has 0 spiro atoms. The average molecular weight is 474 g/mol. The maximum absolute atomic E-state index is 13.3. The first-order chi connectivity index (χ1) is 15.9. The van der Waals surface area contributed by atoms with Gasteiger partial charge in [0, 0.05) is 49.9 Å². The Morgan fingerprint density at radius 3 is 2.33 bits per heavy atom. The van der Waals surface area contributed by atoms with E-state index in [0.29, 0.717) is 44.0 Å². The minimum atomic E-state index is -1.01. The zero-order chi connectivity index (χ0) is 23.4. The van der Waals surface area contributed by atoms with E-state index < -0.39 is 11.6 Å². The first-order valence-electron chi connectivity index (χ1n) is 11.5. The van der Waals surface area contributed by atoms with Gasteiger partial charge in [0.2, 0.25) is 5.91 Å². The van der Waals surface area contributed by atoms with Crippen molar-refractivity contribution in [1.82, 2.24) is 25.3 Å². The predicted molar refractivity (Wildman–Crippen MR) is 125 cm³/mol. The highest BCUT2D eigenvalue weighted by Gasteiger charge is 2.42. The van der Waals surface area contributed by atoms with Gasteiger partial charge in [-0.05, 0) is 38.3 Å². The van der Waals surface area contributed by atoms with Gasteiger partial charge in [0.05, 0.1) is 12.1 Å². The van der Waals surface area contributed by atoms with Gasteiger partial charge in [-0.25, -0.2) is 4.79 Å². The van der Waals surface area contributed by atoms with Crippen molar-refractivity contribution in [3.05, 3.63) is 29.8 Å². The molecule has 1 atom stereocenters. The van der Waals surface area contributed by atoms with E-state index in [-0.39, 0.29) is 17.7 Å². The Labute approximate surface area is 198 Å². The third-order valence-electron chi connectivity index (χ3n) is 6.48. The van der Waals surface area contributed by atoms with Crippen molar-refractivity contribution >= 4 is 35.5 Å². The quantitative estimate of drug-likeness (QED) is 0.475. The fraction of sp³-hybridized carbons (Fsp3) is 0.565. The first-order valence-corrected chi connectivity index (χ1v) is 12.5. The van der Waals surface area contributed by atoms with Crippen LogP contribution in [0, 0.1) is 0 Å². The van der Waals surface area contributed by atoms with Crippen LogP contribution in [0.2, 0.25) is 0 Å². The molecule has 3 aliphatic heterocycles. The molecule has 0 unspecified atom stereocenters. The molecule has 3 heterocycles. The van der Waals surface area contributed by atoms with Crippen molar-refractivity contribution < 1.29 is 19.2 Å². The number of piperidine rings is 1. The van der Waals surface area contributed by atoms with Gasteiger partial charge in [-0.1, -0.05) is 12.1 Å². The van der Waals surface area contributed by atoms with Crippen molar-refractivity contribution in [1.29, 1.82) is 0 Å². The lowest BCUT2D eigenvalue weighted by Crippen LogP contribution is -2.52. The maximum Gasteiger partial charge on any atom is 0.322 e. The van der Waals surface area contributed by atoms with E-state index in [0.717, 1.165) is 30.8 Å². The first kappa shape index (κ1) is 23.6. The number of nitrogens with zero attached hydrogens (tertiary/aromatic N) is 3. The number of nitrogens with one attached hydrogen (secondary N) is 2. The molecule has 9 nitrogen and oxygen atoms in total. The van der Waals surface area contributed by atoms with E-state index in [9.17, 15) is 19.2 Å². The van der Waals surface area contributed by atoms with Crippen LogP contribution in [0.1, 0.15) is 36.5 Å². The molecule has 178 valence electrons. The van der Waals surface area contributed by atoms with E-state index in [1.165, 1.54) is 18.2 Å². The molecular weight excluding hydrogens is 442 g/mol. The fourth-order valence-corrected chi connectivity index (χ4v) is 5.52. The minimum Gasteiger partial charge on any atom is -0.342 e. The van der Waals surface area contributed by atoms with E-state index >= 15 is 0 Å². The summed E-state index contributed by atoms with van der Waals surface area (Å²) in [5, 5.41) is 4.92. The Kier molecular flexibility index (Phi) is 7.23. The largest absolute Gasteiger partial charge is 0.342 e. The number of benzene rings is 1. The highest BCUT2D eigenvalue weighted by atomic mass is 32.2. The average Bonchev–Trinajstić information content (AvgIpc) is 3.09. The lowest BCUT2D eigenvalue weighted by Gasteiger charge is -2.36. The number of amides is 5. The highest BCUT2D eigenvalue weighted by molar-refractivity contribution is 7.99. The normalized spacial score (nSPS) is 23.9. The van der Waals surface area contributed by atoms with Gasteiger partial charge < -0.3 is 15.1 Å². The molecule has 3 fully saturated rings. The van der Waals surface area contributed by atoms with E-state index in [4.69, 9.17) is 0 Å². The topological polar surface area (TPSA) is 102 Å². The number of hydrogen-bond donors (Lipinski definition) is 2. The number of likely N-dealkylation sites (tertiary alicyclic amines) is 1. The maximum atomic E-state index is 13.3. The molecule has 0 radical (unpaired) electrons. The monoisotopic (exact) mass is 473 g/mol. The summed E-state index contributed by atoms with van der Waals surface area (Å²) >= 11 is 1.38. The molecule has 1 aromatic rings. The van der Waals surface area contributed by atoms with Gasteiger partial charge in [-0.2, -0.15) is 0 Å². The van der Waals surface area contributed by atoms with Crippen LogP contribution in [0.3, 0.4) is 0 Å². The molecule has 33 heavy (non-hydrogen) atoms. The third-order valence-corrected chi connectivity index (χ3v) is 7.87. The number of urea groups is 1. The standard InChI is InChI=1S/C23H31N5O4S/c1-23(21(31)24-22(32)25-23)16-33-18-8-4-3-7-17(18)20(30)28-13-11-26(12-14-28)15-19(29)27-9-5-2-6-10-27/h3-4,7-8H,2,5-6,9-16H2,1H3,(H2,24,25,31,32)/t23-/m1/s1. The van der Waals surface area contributed by atoms with Crippen LogP contribution in [0.25, 0.3) is 0 Å². The van der Waals surface area contributed by atoms with Gasteiger partial charge in [0.1, 0.15) is 5.54 Å². The van der Waals surface area contributed by atoms with Crippen molar-refractivity contribution in [2.24, 2.45) is 0 Å². The molecule has 10 heteroatoms. The fourth-order valence-electron chi connectivity index (χ4n) is 4.39. The molecule has 4 rings (SSSR count). The van der Waals surface area contributed by atoms with E-state index in [2.05, 4.69) is 15.5 Å². The molecule has 0 aromatic heterocycles. The van der Waals surface area contributed by atoms with Crippen LogP contribution >= 0.6 is 11.8 Å². The SMILES string of the molecule is C[C@]1(CSc2ccccc2C(=O)N2CCN(CC(=O)N3CCCCC3)CC2)NC(=O)NC1=O. The second-order valence-electron chi connectivity index (χ2n) is 9.03.